The first-order chi connectivity index (χ1) is 15.7. The molecule has 7 nitrogen and oxygen atoms in total. The molecule has 2 aliphatic heterocycles. The third-order valence-corrected chi connectivity index (χ3v) is 5.93. The van der Waals surface area contributed by atoms with Crippen LogP contribution in [0.4, 0.5) is 10.2 Å². The highest BCUT2D eigenvalue weighted by atomic mass is 127. The lowest BCUT2D eigenvalue weighted by molar-refractivity contribution is -0.0390. The number of ether oxygens (including phenoxy) is 2. The molecule has 2 aliphatic rings. The molecule has 3 heterocycles. The van der Waals surface area contributed by atoms with Crippen LogP contribution in [0, 0.1) is 5.82 Å². The van der Waals surface area contributed by atoms with Crippen LogP contribution in [-0.2, 0) is 22.6 Å². The minimum absolute atomic E-state index is 0. The van der Waals surface area contributed by atoms with Gasteiger partial charge in [-0.1, -0.05) is 24.3 Å². The maximum absolute atomic E-state index is 14.0. The number of hydrogen-bond donors (Lipinski definition) is 2. The first kappa shape index (κ1) is 25.6. The number of pyridine rings is 1. The molecule has 180 valence electrons. The molecule has 1 unspecified atom stereocenters. The van der Waals surface area contributed by atoms with Gasteiger partial charge in [0.05, 0.1) is 12.7 Å². The summed E-state index contributed by atoms with van der Waals surface area (Å²) in [6.45, 7) is 4.35. The molecule has 1 aromatic heterocycles. The molecule has 1 aromatic carbocycles. The van der Waals surface area contributed by atoms with E-state index < -0.39 is 0 Å². The molecule has 0 bridgehead atoms. The summed E-state index contributed by atoms with van der Waals surface area (Å²) >= 11 is 0. The highest BCUT2D eigenvalue weighted by molar-refractivity contribution is 14.0. The van der Waals surface area contributed by atoms with Gasteiger partial charge in [0.15, 0.2) is 17.6 Å². The molecule has 33 heavy (non-hydrogen) atoms. The zero-order valence-corrected chi connectivity index (χ0v) is 21.3. The molecule has 2 aromatic rings. The zero-order chi connectivity index (χ0) is 22.2. The Morgan fingerprint density at radius 3 is 2.67 bits per heavy atom. The van der Waals surface area contributed by atoms with Crippen molar-refractivity contribution in [1.82, 2.24) is 15.6 Å². The Morgan fingerprint density at radius 1 is 1.18 bits per heavy atom. The van der Waals surface area contributed by atoms with Crippen molar-refractivity contribution in [3.05, 3.63) is 59.5 Å². The van der Waals surface area contributed by atoms with E-state index in [2.05, 4.69) is 44.9 Å². The molecule has 2 saturated heterocycles. The maximum atomic E-state index is 14.0. The van der Waals surface area contributed by atoms with Gasteiger partial charge in [0, 0.05) is 52.1 Å². The van der Waals surface area contributed by atoms with E-state index in [-0.39, 0.29) is 35.8 Å². The number of guanidine groups is 1. The zero-order valence-electron chi connectivity index (χ0n) is 19.0. The second-order valence-electron chi connectivity index (χ2n) is 8.25. The maximum Gasteiger partial charge on any atom is 0.191 e. The fourth-order valence-corrected chi connectivity index (χ4v) is 4.06. The minimum atomic E-state index is -0.280. The van der Waals surface area contributed by atoms with Crippen LogP contribution in [0.3, 0.4) is 0 Å². The quantitative estimate of drug-likeness (QED) is 0.303. The van der Waals surface area contributed by atoms with E-state index in [4.69, 9.17) is 9.47 Å². The summed E-state index contributed by atoms with van der Waals surface area (Å²) in [7, 11) is 1.76. The van der Waals surface area contributed by atoms with Gasteiger partial charge in [0.25, 0.3) is 0 Å². The van der Waals surface area contributed by atoms with Crippen LogP contribution in [-0.4, -0.2) is 56.4 Å². The van der Waals surface area contributed by atoms with Crippen LogP contribution >= 0.6 is 24.0 Å². The minimum Gasteiger partial charge on any atom is -0.381 e. The second kappa shape index (κ2) is 13.0. The van der Waals surface area contributed by atoms with Crippen LogP contribution in [0.15, 0.2) is 47.6 Å². The molecule has 0 spiro atoms. The highest BCUT2D eigenvalue weighted by Gasteiger charge is 2.25. The van der Waals surface area contributed by atoms with Crippen molar-refractivity contribution in [2.24, 2.45) is 4.99 Å². The number of benzene rings is 1. The molecule has 0 aliphatic carbocycles. The number of nitrogens with zero attached hydrogens (tertiary/aromatic N) is 3. The Morgan fingerprint density at radius 2 is 1.94 bits per heavy atom. The van der Waals surface area contributed by atoms with Gasteiger partial charge < -0.3 is 25.0 Å². The number of aromatic nitrogens is 1. The SMILES string of the molecule is CN=C(NCc1ccc(COC2CCOCC2)cc1)NC1CCN(c2ncccc2F)C1.I. The van der Waals surface area contributed by atoms with Crippen LogP contribution < -0.4 is 15.5 Å². The molecule has 2 fully saturated rings. The van der Waals surface area contributed by atoms with Crippen LogP contribution in [0.25, 0.3) is 0 Å². The van der Waals surface area contributed by atoms with Crippen LogP contribution in [0.1, 0.15) is 30.4 Å². The molecule has 0 radical (unpaired) electrons. The number of rotatable bonds is 7. The third kappa shape index (κ3) is 7.51. The lowest BCUT2D eigenvalue weighted by atomic mass is 10.1. The monoisotopic (exact) mass is 569 g/mol. The molecule has 0 amide bonds. The first-order valence-electron chi connectivity index (χ1n) is 11.3. The first-order valence-corrected chi connectivity index (χ1v) is 11.3. The average Bonchev–Trinajstić information content (AvgIpc) is 3.30. The number of aliphatic imine (C=N–C) groups is 1. The Labute approximate surface area is 212 Å². The number of anilines is 1. The van der Waals surface area contributed by atoms with Crippen molar-refractivity contribution in [3.8, 4) is 0 Å². The molecule has 9 heteroatoms. The highest BCUT2D eigenvalue weighted by Crippen LogP contribution is 2.20. The van der Waals surface area contributed by atoms with Gasteiger partial charge in [-0.05, 0) is 42.5 Å². The fourth-order valence-electron chi connectivity index (χ4n) is 4.06. The van der Waals surface area contributed by atoms with E-state index in [9.17, 15) is 4.39 Å². The molecule has 1 atom stereocenters. The Balaban J connectivity index is 0.00000306. The van der Waals surface area contributed by atoms with Gasteiger partial charge in [0.2, 0.25) is 0 Å². The Hall–Kier alpha value is -1.98. The normalized spacial score (nSPS) is 19.3. The van der Waals surface area contributed by atoms with E-state index in [0.29, 0.717) is 31.6 Å². The lowest BCUT2D eigenvalue weighted by Gasteiger charge is -2.22. The molecule has 2 N–H and O–H groups in total. The van der Waals surface area contributed by atoms with E-state index >= 15 is 0 Å². The standard InChI is InChI=1S/C24H32FN5O2.HI/c1-26-24(29-20-8-12-30(16-20)23-22(25)3-2-11-27-23)28-15-18-4-6-19(7-5-18)17-32-21-9-13-31-14-10-21;/h2-7,11,20-21H,8-10,12-17H2,1H3,(H2,26,28,29);1H. The van der Waals surface area contributed by atoms with Gasteiger partial charge in [-0.25, -0.2) is 9.37 Å². The van der Waals surface area contributed by atoms with Crippen molar-refractivity contribution in [2.75, 3.05) is 38.3 Å². The van der Waals surface area contributed by atoms with E-state index in [1.165, 1.54) is 17.2 Å². The smallest absolute Gasteiger partial charge is 0.191 e. The fraction of sp³-hybridized carbons (Fsp3) is 0.500. The van der Waals surface area contributed by atoms with Gasteiger partial charge in [0.1, 0.15) is 0 Å². The second-order valence-corrected chi connectivity index (χ2v) is 8.25. The molecule has 0 saturated carbocycles. The number of nitrogens with one attached hydrogen (secondary N) is 2. The van der Waals surface area contributed by atoms with Crippen molar-refractivity contribution < 1.29 is 13.9 Å². The Bertz CT molecular complexity index is 893. The Kier molecular flexibility index (Phi) is 10.1. The van der Waals surface area contributed by atoms with E-state index in [1.54, 1.807) is 19.3 Å². The van der Waals surface area contributed by atoms with Gasteiger partial charge >= 0.3 is 0 Å². The largest absolute Gasteiger partial charge is 0.381 e. The van der Waals surface area contributed by atoms with Crippen molar-refractivity contribution in [3.63, 3.8) is 0 Å². The van der Waals surface area contributed by atoms with Gasteiger partial charge in [-0.15, -0.1) is 24.0 Å². The number of halogens is 2. The summed E-state index contributed by atoms with van der Waals surface area (Å²) < 4.78 is 25.4. The van der Waals surface area contributed by atoms with Crippen molar-refractivity contribution in [1.29, 1.82) is 0 Å². The summed E-state index contributed by atoms with van der Waals surface area (Å²) in [4.78, 5) is 10.5. The van der Waals surface area contributed by atoms with Crippen LogP contribution in [0.5, 0.6) is 0 Å². The number of hydrogen-bond acceptors (Lipinski definition) is 5. The molecular weight excluding hydrogens is 536 g/mol. The summed E-state index contributed by atoms with van der Waals surface area (Å²) in [6, 6.07) is 11.7. The molecular formula is C24H33FIN5O2. The lowest BCUT2D eigenvalue weighted by Crippen LogP contribution is -2.44. The summed E-state index contributed by atoms with van der Waals surface area (Å²) in [5.41, 5.74) is 2.35. The predicted molar refractivity (Wildman–Crippen MR) is 139 cm³/mol. The average molecular weight is 569 g/mol. The van der Waals surface area contributed by atoms with E-state index in [1.807, 2.05) is 4.90 Å². The van der Waals surface area contributed by atoms with E-state index in [0.717, 1.165) is 45.0 Å². The molecule has 4 rings (SSSR count). The summed E-state index contributed by atoms with van der Waals surface area (Å²) in [6.07, 6.45) is 4.79. The summed E-state index contributed by atoms with van der Waals surface area (Å²) in [5.74, 6) is 0.878. The van der Waals surface area contributed by atoms with Gasteiger partial charge in [-0.2, -0.15) is 0 Å². The predicted octanol–water partition coefficient (Wildman–Crippen LogP) is 3.48. The van der Waals surface area contributed by atoms with Gasteiger partial charge in [-0.3, -0.25) is 4.99 Å². The third-order valence-electron chi connectivity index (χ3n) is 5.93. The topological polar surface area (TPSA) is 71.0 Å². The summed E-state index contributed by atoms with van der Waals surface area (Å²) in [5, 5.41) is 6.81. The van der Waals surface area contributed by atoms with Crippen molar-refractivity contribution in [2.45, 2.75) is 44.6 Å². The van der Waals surface area contributed by atoms with Crippen molar-refractivity contribution >= 4 is 35.8 Å². The van der Waals surface area contributed by atoms with Crippen LogP contribution in [0.2, 0.25) is 0 Å².